The molecule has 2 rings (SSSR count). The molecule has 1 aromatic rings. The lowest BCUT2D eigenvalue weighted by Crippen LogP contribution is -2.37. The van der Waals surface area contributed by atoms with Crippen molar-refractivity contribution in [2.45, 2.75) is 31.5 Å². The summed E-state index contributed by atoms with van der Waals surface area (Å²) < 4.78 is 0. The Bertz CT molecular complexity index is 306. The molecular weight excluding hydrogens is 277 g/mol. The predicted octanol–water partition coefficient (Wildman–Crippen LogP) is 3.92. The maximum Gasteiger partial charge on any atom is 0.0379 e. The van der Waals surface area contributed by atoms with E-state index in [0.29, 0.717) is 23.8 Å². The first-order valence-corrected chi connectivity index (χ1v) is 6.83. The second kappa shape index (κ2) is 7.48. The standard InChI is InChI=1S/C13H17Cl2N.ClH/c14-8-12-6-7-13(9-15)16(12)10-11-4-2-1-3-5-11;/h1-5,12-13H,6-10H2;1H. The second-order valence-corrected chi connectivity index (χ2v) is 4.97. The lowest BCUT2D eigenvalue weighted by molar-refractivity contribution is 0.209. The molecule has 1 fully saturated rings. The molecule has 1 heterocycles. The average molecular weight is 295 g/mol. The van der Waals surface area contributed by atoms with E-state index in [9.17, 15) is 0 Å². The fourth-order valence-corrected chi connectivity index (χ4v) is 3.06. The molecule has 0 amide bonds. The van der Waals surface area contributed by atoms with Gasteiger partial charge in [0.05, 0.1) is 0 Å². The van der Waals surface area contributed by atoms with Gasteiger partial charge in [-0.1, -0.05) is 30.3 Å². The van der Waals surface area contributed by atoms with Crippen LogP contribution in [0.5, 0.6) is 0 Å². The number of alkyl halides is 2. The number of halogens is 3. The van der Waals surface area contributed by atoms with Gasteiger partial charge in [0, 0.05) is 30.4 Å². The zero-order valence-corrected chi connectivity index (χ0v) is 12.0. The van der Waals surface area contributed by atoms with Gasteiger partial charge in [0.1, 0.15) is 0 Å². The quantitative estimate of drug-likeness (QED) is 0.761. The van der Waals surface area contributed by atoms with Gasteiger partial charge in [-0.3, -0.25) is 4.90 Å². The Morgan fingerprint density at radius 1 is 1.00 bits per heavy atom. The first-order valence-electron chi connectivity index (χ1n) is 5.76. The van der Waals surface area contributed by atoms with E-state index in [1.54, 1.807) is 0 Å². The minimum absolute atomic E-state index is 0. The van der Waals surface area contributed by atoms with Crippen LogP contribution in [-0.2, 0) is 6.54 Å². The highest BCUT2D eigenvalue weighted by atomic mass is 35.5. The molecule has 0 saturated carbocycles. The fourth-order valence-electron chi connectivity index (χ4n) is 2.40. The summed E-state index contributed by atoms with van der Waals surface area (Å²) in [5.41, 5.74) is 1.34. The van der Waals surface area contributed by atoms with Crippen LogP contribution in [0, 0.1) is 0 Å². The summed E-state index contributed by atoms with van der Waals surface area (Å²) >= 11 is 12.0. The maximum atomic E-state index is 6.01. The molecule has 2 unspecified atom stereocenters. The highest BCUT2D eigenvalue weighted by Crippen LogP contribution is 2.27. The number of nitrogens with zero attached hydrogens (tertiary/aromatic N) is 1. The van der Waals surface area contributed by atoms with Crippen LogP contribution in [0.3, 0.4) is 0 Å². The Kier molecular flexibility index (Phi) is 6.65. The fraction of sp³-hybridized carbons (Fsp3) is 0.538. The van der Waals surface area contributed by atoms with E-state index in [4.69, 9.17) is 23.2 Å². The van der Waals surface area contributed by atoms with E-state index in [2.05, 4.69) is 29.2 Å². The predicted molar refractivity (Wildman–Crippen MR) is 77.5 cm³/mol. The second-order valence-electron chi connectivity index (χ2n) is 4.35. The first kappa shape index (κ1) is 15.1. The summed E-state index contributed by atoms with van der Waals surface area (Å²) in [5, 5.41) is 0. The Labute approximate surface area is 119 Å². The summed E-state index contributed by atoms with van der Waals surface area (Å²) in [5.74, 6) is 1.42. The first-order chi connectivity index (χ1) is 7.85. The van der Waals surface area contributed by atoms with Crippen molar-refractivity contribution in [2.75, 3.05) is 11.8 Å². The van der Waals surface area contributed by atoms with Crippen molar-refractivity contribution < 1.29 is 0 Å². The molecule has 0 aromatic heterocycles. The molecule has 0 aliphatic carbocycles. The molecule has 1 aliphatic heterocycles. The van der Waals surface area contributed by atoms with Crippen LogP contribution in [0.2, 0.25) is 0 Å². The van der Waals surface area contributed by atoms with E-state index in [0.717, 1.165) is 6.54 Å². The normalized spacial score (nSPS) is 24.6. The summed E-state index contributed by atoms with van der Waals surface area (Å²) in [6.45, 7) is 0.968. The van der Waals surface area contributed by atoms with Gasteiger partial charge < -0.3 is 0 Å². The van der Waals surface area contributed by atoms with Crippen molar-refractivity contribution >= 4 is 35.6 Å². The SMILES string of the molecule is Cl.ClCC1CCC(CCl)N1Cc1ccccc1. The van der Waals surface area contributed by atoms with Crippen LogP contribution in [-0.4, -0.2) is 28.7 Å². The van der Waals surface area contributed by atoms with Crippen molar-refractivity contribution in [1.82, 2.24) is 4.90 Å². The lowest BCUT2D eigenvalue weighted by atomic mass is 10.2. The number of benzene rings is 1. The van der Waals surface area contributed by atoms with Gasteiger partial charge in [0.25, 0.3) is 0 Å². The third kappa shape index (κ3) is 3.75. The van der Waals surface area contributed by atoms with Crippen LogP contribution < -0.4 is 0 Å². The van der Waals surface area contributed by atoms with Crippen molar-refractivity contribution in [1.29, 1.82) is 0 Å². The number of hydrogen-bond donors (Lipinski definition) is 0. The monoisotopic (exact) mass is 293 g/mol. The highest BCUT2D eigenvalue weighted by molar-refractivity contribution is 6.18. The van der Waals surface area contributed by atoms with E-state index < -0.39 is 0 Å². The Balaban J connectivity index is 0.00000144. The molecule has 96 valence electrons. The molecule has 0 spiro atoms. The number of rotatable bonds is 4. The Morgan fingerprint density at radius 2 is 1.53 bits per heavy atom. The summed E-state index contributed by atoms with van der Waals surface area (Å²) in [6.07, 6.45) is 2.35. The van der Waals surface area contributed by atoms with Crippen molar-refractivity contribution in [2.24, 2.45) is 0 Å². The molecule has 0 bridgehead atoms. The van der Waals surface area contributed by atoms with Gasteiger partial charge in [-0.2, -0.15) is 0 Å². The largest absolute Gasteiger partial charge is 0.291 e. The molecule has 1 saturated heterocycles. The van der Waals surface area contributed by atoms with E-state index in [1.165, 1.54) is 18.4 Å². The van der Waals surface area contributed by atoms with Crippen LogP contribution in [0.4, 0.5) is 0 Å². The zero-order chi connectivity index (χ0) is 11.4. The van der Waals surface area contributed by atoms with Gasteiger partial charge in [-0.05, 0) is 18.4 Å². The van der Waals surface area contributed by atoms with E-state index in [1.807, 2.05) is 6.07 Å². The van der Waals surface area contributed by atoms with Gasteiger partial charge >= 0.3 is 0 Å². The third-order valence-corrected chi connectivity index (χ3v) is 4.05. The van der Waals surface area contributed by atoms with Crippen molar-refractivity contribution in [3.8, 4) is 0 Å². The minimum Gasteiger partial charge on any atom is -0.291 e. The molecule has 0 N–H and O–H groups in total. The molecule has 1 nitrogen and oxygen atoms in total. The van der Waals surface area contributed by atoms with Gasteiger partial charge in [0.15, 0.2) is 0 Å². The third-order valence-electron chi connectivity index (χ3n) is 3.34. The number of likely N-dealkylation sites (tertiary alicyclic amines) is 1. The smallest absolute Gasteiger partial charge is 0.0379 e. The van der Waals surface area contributed by atoms with Gasteiger partial charge in [0.2, 0.25) is 0 Å². The maximum absolute atomic E-state index is 6.01. The summed E-state index contributed by atoms with van der Waals surface area (Å²) in [7, 11) is 0. The lowest BCUT2D eigenvalue weighted by Gasteiger charge is -2.28. The zero-order valence-electron chi connectivity index (χ0n) is 9.69. The highest BCUT2D eigenvalue weighted by Gasteiger charge is 2.31. The van der Waals surface area contributed by atoms with E-state index >= 15 is 0 Å². The Hall–Kier alpha value is 0.0500. The molecular formula is C13H18Cl3N. The van der Waals surface area contributed by atoms with Crippen LogP contribution >= 0.6 is 35.6 Å². The minimum atomic E-state index is 0. The summed E-state index contributed by atoms with van der Waals surface area (Å²) in [6, 6.07) is 11.5. The average Bonchev–Trinajstić information content (AvgIpc) is 2.72. The molecule has 0 radical (unpaired) electrons. The summed E-state index contributed by atoms with van der Waals surface area (Å²) in [4.78, 5) is 2.45. The Morgan fingerprint density at radius 3 is 2.00 bits per heavy atom. The molecule has 1 aliphatic rings. The van der Waals surface area contributed by atoms with Crippen LogP contribution in [0.25, 0.3) is 0 Å². The van der Waals surface area contributed by atoms with Crippen LogP contribution in [0.1, 0.15) is 18.4 Å². The molecule has 17 heavy (non-hydrogen) atoms. The van der Waals surface area contributed by atoms with E-state index in [-0.39, 0.29) is 12.4 Å². The molecule has 4 heteroatoms. The van der Waals surface area contributed by atoms with Gasteiger partial charge in [-0.15, -0.1) is 35.6 Å². The van der Waals surface area contributed by atoms with Crippen molar-refractivity contribution in [3.05, 3.63) is 35.9 Å². The van der Waals surface area contributed by atoms with Gasteiger partial charge in [-0.25, -0.2) is 0 Å². The van der Waals surface area contributed by atoms with Crippen LogP contribution in [0.15, 0.2) is 30.3 Å². The molecule has 2 atom stereocenters. The van der Waals surface area contributed by atoms with Crippen molar-refractivity contribution in [3.63, 3.8) is 0 Å². The number of hydrogen-bond acceptors (Lipinski definition) is 1. The molecule has 1 aromatic carbocycles. The topological polar surface area (TPSA) is 3.24 Å².